The molecule has 35 heavy (non-hydrogen) atoms. The first-order valence-corrected chi connectivity index (χ1v) is 13.0. The van der Waals surface area contributed by atoms with Gasteiger partial charge in [-0.2, -0.15) is 9.78 Å². The molecule has 0 aliphatic carbocycles. The Morgan fingerprint density at radius 1 is 1.09 bits per heavy atom. The van der Waals surface area contributed by atoms with Gasteiger partial charge in [0.1, 0.15) is 5.69 Å². The maximum Gasteiger partial charge on any atom is 0.316 e. The molecule has 1 aliphatic heterocycles. The van der Waals surface area contributed by atoms with Crippen LogP contribution in [-0.4, -0.2) is 46.9 Å². The molecule has 0 spiro atoms. The first-order chi connectivity index (χ1) is 16.7. The number of anilines is 2. The number of nitrogens with two attached hydrogens (primary N) is 1. The SMILES string of the molecule is CC(C)(C)COc1c(N2CCN(SCc3ccccc3N)CC2)cnn(-c2cccc(Cl)c2)c1=O. The molecule has 9 heteroatoms. The Labute approximate surface area is 216 Å². The number of aromatic nitrogens is 2. The Kier molecular flexibility index (Phi) is 7.94. The third kappa shape index (κ3) is 6.51. The summed E-state index contributed by atoms with van der Waals surface area (Å²) in [7, 11) is 0. The van der Waals surface area contributed by atoms with Crippen LogP contribution in [0.2, 0.25) is 5.02 Å². The van der Waals surface area contributed by atoms with E-state index in [4.69, 9.17) is 22.1 Å². The van der Waals surface area contributed by atoms with Crippen LogP contribution in [0.1, 0.15) is 26.3 Å². The molecule has 186 valence electrons. The van der Waals surface area contributed by atoms with E-state index in [9.17, 15) is 4.79 Å². The summed E-state index contributed by atoms with van der Waals surface area (Å²) in [6.45, 7) is 9.91. The fraction of sp³-hybridized carbons (Fsp3) is 0.385. The largest absolute Gasteiger partial charge is 0.486 e. The van der Waals surface area contributed by atoms with Crippen LogP contribution in [0.15, 0.2) is 59.5 Å². The van der Waals surface area contributed by atoms with Crippen molar-refractivity contribution in [3.05, 3.63) is 75.7 Å². The van der Waals surface area contributed by atoms with E-state index in [2.05, 4.69) is 41.1 Å². The van der Waals surface area contributed by atoms with Gasteiger partial charge in [0.05, 0.1) is 18.5 Å². The molecule has 1 fully saturated rings. The van der Waals surface area contributed by atoms with Gasteiger partial charge < -0.3 is 15.4 Å². The highest BCUT2D eigenvalue weighted by Crippen LogP contribution is 2.29. The van der Waals surface area contributed by atoms with Crippen molar-refractivity contribution >= 4 is 34.9 Å². The Balaban J connectivity index is 1.52. The van der Waals surface area contributed by atoms with Gasteiger partial charge in [0.15, 0.2) is 0 Å². The smallest absolute Gasteiger partial charge is 0.316 e. The zero-order valence-electron chi connectivity index (χ0n) is 20.4. The minimum absolute atomic E-state index is 0.0948. The van der Waals surface area contributed by atoms with E-state index >= 15 is 0 Å². The molecule has 0 saturated carbocycles. The van der Waals surface area contributed by atoms with Crippen LogP contribution in [0.3, 0.4) is 0 Å². The van der Waals surface area contributed by atoms with E-state index in [1.165, 1.54) is 4.68 Å². The monoisotopic (exact) mass is 513 g/mol. The zero-order valence-corrected chi connectivity index (χ0v) is 22.0. The summed E-state index contributed by atoms with van der Waals surface area (Å²) < 4.78 is 9.84. The summed E-state index contributed by atoms with van der Waals surface area (Å²) in [5, 5.41) is 5.01. The van der Waals surface area contributed by atoms with Crippen LogP contribution in [0.25, 0.3) is 5.69 Å². The van der Waals surface area contributed by atoms with Gasteiger partial charge in [0.25, 0.3) is 0 Å². The number of hydrogen-bond donors (Lipinski definition) is 1. The molecule has 4 rings (SSSR count). The number of para-hydroxylation sites is 1. The molecule has 1 aliphatic rings. The summed E-state index contributed by atoms with van der Waals surface area (Å²) in [4.78, 5) is 15.7. The van der Waals surface area contributed by atoms with Crippen molar-refractivity contribution in [1.29, 1.82) is 0 Å². The van der Waals surface area contributed by atoms with Crippen molar-refractivity contribution in [3.63, 3.8) is 0 Å². The van der Waals surface area contributed by atoms with E-state index in [1.54, 1.807) is 36.3 Å². The minimum atomic E-state index is -0.287. The molecule has 3 aromatic rings. The van der Waals surface area contributed by atoms with Gasteiger partial charge in [0.2, 0.25) is 5.75 Å². The van der Waals surface area contributed by atoms with E-state index in [1.807, 2.05) is 24.3 Å². The quantitative estimate of drug-likeness (QED) is 0.357. The fourth-order valence-corrected chi connectivity index (χ4v) is 4.95. The second kappa shape index (κ2) is 10.9. The summed E-state index contributed by atoms with van der Waals surface area (Å²) in [5.74, 6) is 1.16. The van der Waals surface area contributed by atoms with Crippen molar-refractivity contribution < 1.29 is 4.74 Å². The lowest BCUT2D eigenvalue weighted by atomic mass is 9.99. The summed E-state index contributed by atoms with van der Waals surface area (Å²) in [6.07, 6.45) is 1.73. The Bertz CT molecular complexity index is 1220. The first kappa shape index (κ1) is 25.4. The van der Waals surface area contributed by atoms with E-state index in [-0.39, 0.29) is 11.0 Å². The number of benzene rings is 2. The molecule has 2 aromatic carbocycles. The molecule has 2 heterocycles. The fourth-order valence-electron chi connectivity index (χ4n) is 3.76. The van der Waals surface area contributed by atoms with E-state index in [0.29, 0.717) is 23.1 Å². The van der Waals surface area contributed by atoms with Crippen molar-refractivity contribution in [2.24, 2.45) is 5.41 Å². The first-order valence-electron chi connectivity index (χ1n) is 11.7. The molecular formula is C26H32ClN5O2S. The summed E-state index contributed by atoms with van der Waals surface area (Å²) in [5.41, 5.74) is 9.01. The Morgan fingerprint density at radius 3 is 2.51 bits per heavy atom. The van der Waals surface area contributed by atoms with Gasteiger partial charge in [-0.25, -0.2) is 4.31 Å². The maximum atomic E-state index is 13.5. The number of nitrogens with zero attached hydrogens (tertiary/aromatic N) is 4. The van der Waals surface area contributed by atoms with Gasteiger partial charge in [-0.3, -0.25) is 4.79 Å². The minimum Gasteiger partial charge on any atom is -0.486 e. The molecule has 1 aromatic heterocycles. The van der Waals surface area contributed by atoms with Crippen LogP contribution in [0, 0.1) is 5.41 Å². The highest BCUT2D eigenvalue weighted by Gasteiger charge is 2.25. The number of rotatable bonds is 7. The predicted octanol–water partition coefficient (Wildman–Crippen LogP) is 4.86. The van der Waals surface area contributed by atoms with Gasteiger partial charge in [-0.1, -0.05) is 68.6 Å². The molecule has 0 radical (unpaired) electrons. The van der Waals surface area contributed by atoms with Crippen LogP contribution in [0.4, 0.5) is 11.4 Å². The van der Waals surface area contributed by atoms with Crippen LogP contribution >= 0.6 is 23.5 Å². The van der Waals surface area contributed by atoms with Gasteiger partial charge in [-0.05, 0) is 35.2 Å². The van der Waals surface area contributed by atoms with E-state index < -0.39 is 0 Å². The number of halogens is 1. The molecule has 2 N–H and O–H groups in total. The van der Waals surface area contributed by atoms with Gasteiger partial charge in [0, 0.05) is 42.6 Å². The summed E-state index contributed by atoms with van der Waals surface area (Å²) >= 11 is 7.94. The number of ether oxygens (including phenoxy) is 1. The number of piperazine rings is 1. The molecular weight excluding hydrogens is 482 g/mol. The van der Waals surface area contributed by atoms with Crippen LogP contribution < -0.4 is 20.9 Å². The Hall–Kier alpha value is -2.68. The highest BCUT2D eigenvalue weighted by atomic mass is 35.5. The molecule has 0 bridgehead atoms. The third-order valence-corrected chi connectivity index (χ3v) is 7.06. The second-order valence-electron chi connectivity index (χ2n) is 9.79. The normalized spacial score (nSPS) is 14.8. The van der Waals surface area contributed by atoms with Crippen molar-refractivity contribution in [3.8, 4) is 11.4 Å². The molecule has 1 saturated heterocycles. The maximum absolute atomic E-state index is 13.5. The average Bonchev–Trinajstić information content (AvgIpc) is 2.82. The highest BCUT2D eigenvalue weighted by molar-refractivity contribution is 7.96. The molecule has 0 amide bonds. The van der Waals surface area contributed by atoms with Crippen molar-refractivity contribution in [2.45, 2.75) is 26.5 Å². The number of hydrogen-bond acceptors (Lipinski definition) is 7. The van der Waals surface area contributed by atoms with Crippen molar-refractivity contribution in [2.75, 3.05) is 43.4 Å². The summed E-state index contributed by atoms with van der Waals surface area (Å²) in [6, 6.07) is 15.1. The van der Waals surface area contributed by atoms with Crippen LogP contribution in [0.5, 0.6) is 5.75 Å². The van der Waals surface area contributed by atoms with Gasteiger partial charge >= 0.3 is 5.56 Å². The lowest BCUT2D eigenvalue weighted by molar-refractivity contribution is 0.195. The average molecular weight is 514 g/mol. The standard InChI is InChI=1S/C26H32ClN5O2S/c1-26(2,3)18-34-24-23(16-29-32(25(24)33)21-9-6-8-20(27)15-21)30-11-13-31(14-12-30)35-17-19-7-4-5-10-22(19)28/h4-10,15-16H,11-14,17-18,28H2,1-3H3. The molecule has 7 nitrogen and oxygen atoms in total. The zero-order chi connectivity index (χ0) is 25.0. The van der Waals surface area contributed by atoms with E-state index in [0.717, 1.165) is 48.9 Å². The lowest BCUT2D eigenvalue weighted by Crippen LogP contribution is -2.44. The van der Waals surface area contributed by atoms with Gasteiger partial charge in [-0.15, -0.1) is 0 Å². The molecule has 0 atom stereocenters. The van der Waals surface area contributed by atoms with Crippen LogP contribution in [-0.2, 0) is 5.75 Å². The predicted molar refractivity (Wildman–Crippen MR) is 146 cm³/mol. The topological polar surface area (TPSA) is 76.6 Å². The second-order valence-corrected chi connectivity index (χ2v) is 11.3. The van der Waals surface area contributed by atoms with Crippen molar-refractivity contribution in [1.82, 2.24) is 14.1 Å². The molecule has 0 unspecified atom stereocenters. The third-order valence-electron chi connectivity index (χ3n) is 5.65. The Morgan fingerprint density at radius 2 is 1.83 bits per heavy atom. The number of nitrogen functional groups attached to an aromatic ring is 1. The lowest BCUT2D eigenvalue weighted by Gasteiger charge is -2.36.